The third-order valence-corrected chi connectivity index (χ3v) is 4.87. The lowest BCUT2D eigenvalue weighted by Crippen LogP contribution is -2.21. The summed E-state index contributed by atoms with van der Waals surface area (Å²) in [5.41, 5.74) is 2.65. The van der Waals surface area contributed by atoms with Gasteiger partial charge in [-0.25, -0.2) is 4.68 Å². The highest BCUT2D eigenvalue weighted by Gasteiger charge is 2.29. The third-order valence-electron chi connectivity index (χ3n) is 4.87. The summed E-state index contributed by atoms with van der Waals surface area (Å²) in [5.74, 6) is -0.613. The molecule has 2 heterocycles. The average molecular weight is 388 g/mol. The fraction of sp³-hybridized carbons (Fsp3) is 0.136. The second-order valence-corrected chi connectivity index (χ2v) is 6.73. The zero-order valence-electron chi connectivity index (χ0n) is 16.1. The highest BCUT2D eigenvalue weighted by atomic mass is 16.3. The van der Waals surface area contributed by atoms with Crippen molar-refractivity contribution in [2.24, 2.45) is 5.10 Å². The maximum absolute atomic E-state index is 12.8. The van der Waals surface area contributed by atoms with E-state index in [1.165, 1.54) is 15.8 Å². The minimum atomic E-state index is -0.492. The lowest BCUT2D eigenvalue weighted by atomic mass is 10.1. The standard InChI is InChI=1S/C22H20N4O3/c1-3-15-9-11-17(12-10-15)26-22(29)19(20(27)24-26)13-18-14(2)23-25(21(18)28)16-7-5-4-6-8-16/h4-13,29H,3H2,1-2H3,(H,24,27)/b18-13+. The molecule has 0 spiro atoms. The van der Waals surface area contributed by atoms with Crippen LogP contribution in [0.3, 0.4) is 0 Å². The first-order valence-corrected chi connectivity index (χ1v) is 9.29. The lowest BCUT2D eigenvalue weighted by molar-refractivity contribution is -0.114. The van der Waals surface area contributed by atoms with Gasteiger partial charge in [-0.2, -0.15) is 10.1 Å². The SMILES string of the molecule is CCc1ccc(-n2[nH]c(=O)c(/C=C3/C(=O)N(c4ccccc4)N=C3C)c2O)cc1. The Hall–Kier alpha value is -3.87. The molecule has 0 fully saturated rings. The summed E-state index contributed by atoms with van der Waals surface area (Å²) in [5, 5.41) is 18.8. The normalized spacial score (nSPS) is 15.2. The minimum absolute atomic E-state index is 0.0115. The van der Waals surface area contributed by atoms with Crippen LogP contribution in [0.1, 0.15) is 25.0 Å². The molecule has 2 aromatic carbocycles. The van der Waals surface area contributed by atoms with Gasteiger partial charge in [0.15, 0.2) is 0 Å². The molecular weight excluding hydrogens is 368 g/mol. The van der Waals surface area contributed by atoms with E-state index in [9.17, 15) is 14.7 Å². The smallest absolute Gasteiger partial charge is 0.280 e. The Morgan fingerprint density at radius 3 is 2.38 bits per heavy atom. The summed E-state index contributed by atoms with van der Waals surface area (Å²) in [6.07, 6.45) is 2.28. The lowest BCUT2D eigenvalue weighted by Gasteiger charge is -2.10. The predicted octanol–water partition coefficient (Wildman–Crippen LogP) is 3.24. The van der Waals surface area contributed by atoms with Gasteiger partial charge in [0.1, 0.15) is 5.56 Å². The number of hydrogen-bond acceptors (Lipinski definition) is 4. The zero-order valence-corrected chi connectivity index (χ0v) is 16.1. The van der Waals surface area contributed by atoms with Crippen LogP contribution in [-0.4, -0.2) is 26.5 Å². The molecule has 0 saturated heterocycles. The first kappa shape index (κ1) is 18.5. The topological polar surface area (TPSA) is 90.7 Å². The number of para-hydroxylation sites is 1. The van der Waals surface area contributed by atoms with Crippen molar-refractivity contribution in [3.05, 3.63) is 81.7 Å². The van der Waals surface area contributed by atoms with Gasteiger partial charge in [-0.05, 0) is 49.2 Å². The van der Waals surface area contributed by atoms with Crippen LogP contribution in [0.5, 0.6) is 5.88 Å². The van der Waals surface area contributed by atoms with E-state index >= 15 is 0 Å². The van der Waals surface area contributed by atoms with Gasteiger partial charge < -0.3 is 5.11 Å². The number of aromatic nitrogens is 2. The number of nitrogens with zero attached hydrogens (tertiary/aromatic N) is 3. The summed E-state index contributed by atoms with van der Waals surface area (Å²) in [6, 6.07) is 16.5. The van der Waals surface area contributed by atoms with Gasteiger partial charge in [0.05, 0.1) is 22.7 Å². The van der Waals surface area contributed by atoms with Crippen molar-refractivity contribution in [1.29, 1.82) is 0 Å². The number of carbonyl (C=O) groups excluding carboxylic acids is 1. The van der Waals surface area contributed by atoms with Crippen molar-refractivity contribution in [3.63, 3.8) is 0 Å². The van der Waals surface area contributed by atoms with Crippen LogP contribution in [0.2, 0.25) is 0 Å². The van der Waals surface area contributed by atoms with Crippen molar-refractivity contribution in [2.75, 3.05) is 5.01 Å². The molecule has 2 N–H and O–H groups in total. The maximum atomic E-state index is 12.8. The van der Waals surface area contributed by atoms with Gasteiger partial charge >= 0.3 is 0 Å². The molecule has 4 rings (SSSR count). The number of rotatable bonds is 4. The highest BCUT2D eigenvalue weighted by molar-refractivity contribution is 6.32. The number of benzene rings is 2. The van der Waals surface area contributed by atoms with Gasteiger partial charge in [0.2, 0.25) is 5.88 Å². The molecule has 1 aromatic heterocycles. The van der Waals surface area contributed by atoms with Crippen molar-refractivity contribution in [3.8, 4) is 11.6 Å². The summed E-state index contributed by atoms with van der Waals surface area (Å²) in [4.78, 5) is 25.3. The number of carbonyl (C=O) groups is 1. The molecule has 0 saturated carbocycles. The molecule has 1 aliphatic rings. The molecule has 7 nitrogen and oxygen atoms in total. The van der Waals surface area contributed by atoms with E-state index in [-0.39, 0.29) is 22.9 Å². The largest absolute Gasteiger partial charge is 0.493 e. The van der Waals surface area contributed by atoms with E-state index in [4.69, 9.17) is 0 Å². The van der Waals surface area contributed by atoms with Crippen LogP contribution < -0.4 is 10.6 Å². The Morgan fingerprint density at radius 1 is 1.03 bits per heavy atom. The molecule has 1 aliphatic heterocycles. The number of aromatic hydroxyl groups is 1. The molecule has 29 heavy (non-hydrogen) atoms. The van der Waals surface area contributed by atoms with E-state index in [1.807, 2.05) is 42.5 Å². The molecule has 146 valence electrons. The van der Waals surface area contributed by atoms with Gasteiger partial charge in [-0.1, -0.05) is 37.3 Å². The molecule has 0 bridgehead atoms. The van der Waals surface area contributed by atoms with E-state index in [0.717, 1.165) is 12.0 Å². The number of hydrogen-bond donors (Lipinski definition) is 2. The third kappa shape index (κ3) is 3.27. The Kier molecular flexibility index (Phi) is 4.64. The van der Waals surface area contributed by atoms with Crippen LogP contribution >= 0.6 is 0 Å². The van der Waals surface area contributed by atoms with E-state index in [2.05, 4.69) is 17.1 Å². The van der Waals surface area contributed by atoms with E-state index in [0.29, 0.717) is 17.1 Å². The van der Waals surface area contributed by atoms with Crippen LogP contribution in [-0.2, 0) is 11.2 Å². The molecule has 1 amide bonds. The number of H-pyrrole nitrogens is 1. The van der Waals surface area contributed by atoms with Gasteiger partial charge in [-0.3, -0.25) is 14.7 Å². The number of anilines is 1. The van der Waals surface area contributed by atoms with Crippen LogP contribution in [0.4, 0.5) is 5.69 Å². The highest BCUT2D eigenvalue weighted by Crippen LogP contribution is 2.27. The Balaban J connectivity index is 1.72. The molecular formula is C22H20N4O3. The Labute approximate surface area is 167 Å². The average Bonchev–Trinajstić information content (AvgIpc) is 3.19. The predicted molar refractivity (Wildman–Crippen MR) is 112 cm³/mol. The summed E-state index contributed by atoms with van der Waals surface area (Å²) >= 11 is 0. The van der Waals surface area contributed by atoms with Crippen molar-refractivity contribution >= 4 is 23.4 Å². The molecule has 0 atom stereocenters. The Morgan fingerprint density at radius 2 is 1.72 bits per heavy atom. The molecule has 0 aliphatic carbocycles. The quantitative estimate of drug-likeness (QED) is 0.672. The number of hydrazone groups is 1. The number of nitrogens with one attached hydrogen (secondary N) is 1. The van der Waals surface area contributed by atoms with Gasteiger partial charge in [0, 0.05) is 0 Å². The number of aromatic amines is 1. The van der Waals surface area contributed by atoms with Gasteiger partial charge in [-0.15, -0.1) is 0 Å². The van der Waals surface area contributed by atoms with Crippen LogP contribution in [0.15, 0.2) is 70.1 Å². The monoisotopic (exact) mass is 388 g/mol. The summed E-state index contributed by atoms with van der Waals surface area (Å²) < 4.78 is 1.30. The number of aryl methyl sites for hydroxylation is 1. The van der Waals surface area contributed by atoms with Crippen molar-refractivity contribution in [2.45, 2.75) is 20.3 Å². The molecule has 0 unspecified atom stereocenters. The van der Waals surface area contributed by atoms with Crippen LogP contribution in [0, 0.1) is 0 Å². The second-order valence-electron chi connectivity index (χ2n) is 6.73. The fourth-order valence-corrected chi connectivity index (χ4v) is 3.21. The fourth-order valence-electron chi connectivity index (χ4n) is 3.21. The summed E-state index contributed by atoms with van der Waals surface area (Å²) in [7, 11) is 0. The maximum Gasteiger partial charge on any atom is 0.280 e. The van der Waals surface area contributed by atoms with Crippen LogP contribution in [0.25, 0.3) is 11.8 Å². The molecule has 3 aromatic rings. The van der Waals surface area contributed by atoms with E-state index in [1.54, 1.807) is 19.1 Å². The first-order chi connectivity index (χ1) is 14.0. The van der Waals surface area contributed by atoms with E-state index < -0.39 is 5.56 Å². The second kappa shape index (κ2) is 7.27. The summed E-state index contributed by atoms with van der Waals surface area (Å²) in [6.45, 7) is 3.74. The Bertz CT molecular complexity index is 1190. The minimum Gasteiger partial charge on any atom is -0.493 e. The van der Waals surface area contributed by atoms with Crippen molar-refractivity contribution in [1.82, 2.24) is 9.78 Å². The zero-order chi connectivity index (χ0) is 20.5. The first-order valence-electron chi connectivity index (χ1n) is 9.29. The molecule has 0 radical (unpaired) electrons. The molecule has 7 heteroatoms. The number of amides is 1. The van der Waals surface area contributed by atoms with Crippen molar-refractivity contribution < 1.29 is 9.90 Å². The van der Waals surface area contributed by atoms with Gasteiger partial charge in [0.25, 0.3) is 11.5 Å².